The fourth-order valence-electron chi connectivity index (χ4n) is 7.50. The first-order chi connectivity index (χ1) is 23.9. The van der Waals surface area contributed by atoms with Crippen LogP contribution in [-0.2, 0) is 4.79 Å². The van der Waals surface area contributed by atoms with Crippen molar-refractivity contribution in [2.75, 3.05) is 56.4 Å². The molecule has 4 heterocycles. The second-order valence-electron chi connectivity index (χ2n) is 13.8. The van der Waals surface area contributed by atoms with E-state index in [9.17, 15) is 27.9 Å². The van der Waals surface area contributed by atoms with E-state index in [4.69, 9.17) is 22.1 Å². The molecule has 1 aliphatic carbocycles. The second kappa shape index (κ2) is 13.5. The Hall–Kier alpha value is -4.14. The molecule has 1 spiro atoms. The van der Waals surface area contributed by atoms with Gasteiger partial charge in [0.2, 0.25) is 17.9 Å². The molecular formula is C35H39ClF3N7O4. The van der Waals surface area contributed by atoms with E-state index in [2.05, 4.69) is 20.2 Å². The summed E-state index contributed by atoms with van der Waals surface area (Å²) in [5, 5.41) is 12.7. The summed E-state index contributed by atoms with van der Waals surface area (Å²) in [6.07, 6.45) is -3.05. The molecule has 11 nitrogen and oxygen atoms in total. The van der Waals surface area contributed by atoms with E-state index in [1.807, 2.05) is 4.90 Å². The SMILES string of the molecule is Nc1nc(OC(c2ccc(Cl)cc2-c2cccc(C(=O)N3CCN(C4CC4)CC3)c2)C(F)(F)F)cc(N2CCC3(CC2)CNC(C(=O)O)C3)n1. The van der Waals surface area contributed by atoms with Crippen molar-refractivity contribution in [2.24, 2.45) is 5.41 Å². The third-order valence-corrected chi connectivity index (χ3v) is 10.7. The maximum atomic E-state index is 14.9. The summed E-state index contributed by atoms with van der Waals surface area (Å²) >= 11 is 6.33. The summed E-state index contributed by atoms with van der Waals surface area (Å²) in [4.78, 5) is 39.3. The van der Waals surface area contributed by atoms with Gasteiger partial charge in [-0.05, 0) is 72.9 Å². The number of rotatable bonds is 8. The van der Waals surface area contributed by atoms with E-state index in [0.717, 1.165) is 13.1 Å². The summed E-state index contributed by atoms with van der Waals surface area (Å²) < 4.78 is 50.3. The number of amides is 1. The van der Waals surface area contributed by atoms with Crippen molar-refractivity contribution in [2.45, 2.75) is 56.5 Å². The van der Waals surface area contributed by atoms with Gasteiger partial charge in [-0.1, -0.05) is 29.8 Å². The van der Waals surface area contributed by atoms with Gasteiger partial charge in [0.05, 0.1) is 0 Å². The molecule has 3 aromatic rings. The number of carboxylic acids is 1. The van der Waals surface area contributed by atoms with Gasteiger partial charge in [-0.3, -0.25) is 14.5 Å². The molecule has 50 heavy (non-hydrogen) atoms. The molecule has 4 fully saturated rings. The summed E-state index contributed by atoms with van der Waals surface area (Å²) in [7, 11) is 0. The number of aromatic nitrogens is 2. The molecule has 4 aliphatic rings. The number of hydrogen-bond acceptors (Lipinski definition) is 9. The highest BCUT2D eigenvalue weighted by Crippen LogP contribution is 2.44. The van der Waals surface area contributed by atoms with Crippen LogP contribution < -0.4 is 20.7 Å². The Bertz CT molecular complexity index is 1760. The van der Waals surface area contributed by atoms with Crippen molar-refractivity contribution in [1.82, 2.24) is 25.1 Å². The number of alkyl halides is 3. The molecule has 266 valence electrons. The van der Waals surface area contributed by atoms with E-state index in [-0.39, 0.29) is 39.3 Å². The van der Waals surface area contributed by atoms with E-state index >= 15 is 0 Å². The van der Waals surface area contributed by atoms with Gasteiger partial charge in [0.25, 0.3) is 5.91 Å². The number of anilines is 2. The number of nitrogens with one attached hydrogen (secondary N) is 1. The highest BCUT2D eigenvalue weighted by Gasteiger charge is 2.46. The second-order valence-corrected chi connectivity index (χ2v) is 14.2. The van der Waals surface area contributed by atoms with Gasteiger partial charge >= 0.3 is 12.1 Å². The molecular weight excluding hydrogens is 675 g/mol. The number of nitrogen functional groups attached to an aromatic ring is 1. The zero-order valence-electron chi connectivity index (χ0n) is 27.3. The van der Waals surface area contributed by atoms with E-state index in [1.165, 1.54) is 37.1 Å². The lowest BCUT2D eigenvalue weighted by Crippen LogP contribution is -2.49. The van der Waals surface area contributed by atoms with Crippen LogP contribution >= 0.6 is 11.6 Å². The topological polar surface area (TPSA) is 137 Å². The van der Waals surface area contributed by atoms with Crippen LogP contribution in [0, 0.1) is 5.41 Å². The minimum absolute atomic E-state index is 0.168. The average Bonchev–Trinajstić information content (AvgIpc) is 3.87. The molecule has 0 bridgehead atoms. The van der Waals surface area contributed by atoms with Crippen LogP contribution in [0.25, 0.3) is 11.1 Å². The Labute approximate surface area is 292 Å². The first kappa shape index (κ1) is 34.3. The Morgan fingerprint density at radius 3 is 2.42 bits per heavy atom. The van der Waals surface area contributed by atoms with E-state index in [0.29, 0.717) is 75.0 Å². The lowest BCUT2D eigenvalue weighted by molar-refractivity contribution is -0.198. The molecule has 3 aliphatic heterocycles. The molecule has 1 amide bonds. The van der Waals surface area contributed by atoms with Gasteiger partial charge in [0, 0.05) is 74.1 Å². The van der Waals surface area contributed by atoms with E-state index < -0.39 is 24.3 Å². The number of carbonyl (C=O) groups excluding carboxylic acids is 1. The molecule has 7 rings (SSSR count). The Morgan fingerprint density at radius 1 is 1.02 bits per heavy atom. The van der Waals surface area contributed by atoms with E-state index in [1.54, 1.807) is 29.2 Å². The lowest BCUT2D eigenvalue weighted by atomic mass is 9.76. The summed E-state index contributed by atoms with van der Waals surface area (Å²) in [5.41, 5.74) is 6.55. The van der Waals surface area contributed by atoms with Crippen LogP contribution in [0.5, 0.6) is 5.88 Å². The maximum absolute atomic E-state index is 14.9. The summed E-state index contributed by atoms with van der Waals surface area (Å²) in [6.45, 7) is 4.41. The van der Waals surface area contributed by atoms with Crippen LogP contribution in [0.2, 0.25) is 5.02 Å². The Balaban J connectivity index is 1.12. The Kier molecular flexibility index (Phi) is 9.29. The van der Waals surface area contributed by atoms with Crippen LogP contribution in [0.15, 0.2) is 48.5 Å². The molecule has 2 unspecified atom stereocenters. The lowest BCUT2D eigenvalue weighted by Gasteiger charge is -2.39. The number of carbonyl (C=O) groups is 2. The number of piperidine rings is 1. The van der Waals surface area contributed by atoms with Crippen molar-refractivity contribution >= 4 is 35.2 Å². The standard InChI is InChI=1S/C35H39ClF3N7O4/c36-23-4-7-25(26(17-23)21-2-1-3-22(16-21)31(47)46-14-12-44(13-15-46)24-5-6-24)30(35(37,38)39)50-29-18-28(42-33(40)43-29)45-10-8-34(9-11-45)19-27(32(48)49)41-20-34/h1-4,7,16-18,24,27,30,41H,5-6,8-15,19-20H2,(H,48,49)(H2,40,42,43). The fraction of sp³-hybridized carbons (Fsp3) is 0.486. The largest absolute Gasteiger partial charge is 0.480 e. The molecule has 4 N–H and O–H groups in total. The molecule has 0 radical (unpaired) electrons. The monoisotopic (exact) mass is 713 g/mol. The first-order valence-corrected chi connectivity index (χ1v) is 17.3. The van der Waals surface area contributed by atoms with Crippen LogP contribution in [-0.4, -0.2) is 101 Å². The predicted molar refractivity (Wildman–Crippen MR) is 181 cm³/mol. The molecule has 3 saturated heterocycles. The predicted octanol–water partition coefficient (Wildman–Crippen LogP) is 5.01. The number of aliphatic carboxylic acids is 1. The Morgan fingerprint density at radius 2 is 1.76 bits per heavy atom. The maximum Gasteiger partial charge on any atom is 0.429 e. The highest BCUT2D eigenvalue weighted by atomic mass is 35.5. The minimum Gasteiger partial charge on any atom is -0.480 e. The van der Waals surface area contributed by atoms with Crippen molar-refractivity contribution in [3.8, 4) is 17.0 Å². The van der Waals surface area contributed by atoms with Gasteiger partial charge < -0.3 is 30.7 Å². The molecule has 15 heteroatoms. The third-order valence-electron chi connectivity index (χ3n) is 10.4. The number of benzene rings is 2. The van der Waals surface area contributed by atoms with Gasteiger partial charge in [-0.15, -0.1) is 0 Å². The molecule has 2 atom stereocenters. The van der Waals surface area contributed by atoms with Crippen LogP contribution in [0.1, 0.15) is 54.1 Å². The fourth-order valence-corrected chi connectivity index (χ4v) is 7.67. The van der Waals surface area contributed by atoms with Crippen molar-refractivity contribution in [3.63, 3.8) is 0 Å². The van der Waals surface area contributed by atoms with Gasteiger partial charge in [0.15, 0.2) is 0 Å². The van der Waals surface area contributed by atoms with Crippen LogP contribution in [0.4, 0.5) is 24.9 Å². The van der Waals surface area contributed by atoms with Crippen LogP contribution in [0.3, 0.4) is 0 Å². The summed E-state index contributed by atoms with van der Waals surface area (Å²) in [6, 6.07) is 12.0. The number of carboxylic acid groups (broad SMARTS) is 1. The minimum atomic E-state index is -4.87. The number of nitrogens with zero attached hydrogens (tertiary/aromatic N) is 5. The number of ether oxygens (including phenoxy) is 1. The molecule has 1 aromatic heterocycles. The van der Waals surface area contributed by atoms with Crippen molar-refractivity contribution in [3.05, 3.63) is 64.7 Å². The smallest absolute Gasteiger partial charge is 0.429 e. The summed E-state index contributed by atoms with van der Waals surface area (Å²) in [5.74, 6) is -1.32. The quantitative estimate of drug-likeness (QED) is 0.292. The number of nitrogens with two attached hydrogens (primary N) is 1. The van der Waals surface area contributed by atoms with Crippen molar-refractivity contribution in [1.29, 1.82) is 0 Å². The normalized spacial score (nSPS) is 21.7. The van der Waals surface area contributed by atoms with Gasteiger partial charge in [0.1, 0.15) is 11.9 Å². The number of hydrogen-bond donors (Lipinski definition) is 3. The highest BCUT2D eigenvalue weighted by molar-refractivity contribution is 6.30. The third kappa shape index (κ3) is 7.33. The van der Waals surface area contributed by atoms with Gasteiger partial charge in [-0.25, -0.2) is 0 Å². The number of halogens is 4. The zero-order valence-corrected chi connectivity index (χ0v) is 28.1. The molecule has 2 aromatic carbocycles. The average molecular weight is 714 g/mol. The zero-order chi connectivity index (χ0) is 35.2. The molecule has 1 saturated carbocycles. The van der Waals surface area contributed by atoms with Gasteiger partial charge in [-0.2, -0.15) is 23.1 Å². The number of piperazine rings is 1. The van der Waals surface area contributed by atoms with Crippen molar-refractivity contribution < 1.29 is 32.6 Å². The first-order valence-electron chi connectivity index (χ1n) is 16.9.